The fraction of sp³-hybridized carbons (Fsp3) is 0.250. The molecule has 0 amide bonds. The summed E-state index contributed by atoms with van der Waals surface area (Å²) in [6.07, 6.45) is 3.92. The summed E-state index contributed by atoms with van der Waals surface area (Å²) >= 11 is 0. The summed E-state index contributed by atoms with van der Waals surface area (Å²) in [6, 6.07) is 6.32. The number of halogens is 1. The van der Waals surface area contributed by atoms with Crippen LogP contribution in [0.5, 0.6) is 0 Å². The SMILES string of the molecule is CNC=C(C=O)CCc1ccc(F)cc1. The van der Waals surface area contributed by atoms with Crippen LogP contribution in [-0.4, -0.2) is 13.3 Å². The van der Waals surface area contributed by atoms with Crippen molar-refractivity contribution in [3.63, 3.8) is 0 Å². The maximum absolute atomic E-state index is 12.6. The van der Waals surface area contributed by atoms with Gasteiger partial charge in [0.05, 0.1) is 0 Å². The third kappa shape index (κ3) is 3.94. The van der Waals surface area contributed by atoms with Crippen LogP contribution in [-0.2, 0) is 11.2 Å². The first-order chi connectivity index (χ1) is 7.26. The van der Waals surface area contributed by atoms with Gasteiger partial charge in [-0.3, -0.25) is 4.79 Å². The molecule has 0 spiro atoms. The second-order valence-corrected chi connectivity index (χ2v) is 3.25. The summed E-state index contributed by atoms with van der Waals surface area (Å²) in [5.74, 6) is -0.236. The lowest BCUT2D eigenvalue weighted by atomic mass is 10.1. The molecular weight excluding hydrogens is 193 g/mol. The normalized spacial score (nSPS) is 11.2. The first-order valence-electron chi connectivity index (χ1n) is 4.82. The van der Waals surface area contributed by atoms with Gasteiger partial charge in [-0.1, -0.05) is 12.1 Å². The Balaban J connectivity index is 2.52. The largest absolute Gasteiger partial charge is 0.394 e. The third-order valence-corrected chi connectivity index (χ3v) is 2.10. The molecule has 1 aromatic carbocycles. The molecule has 15 heavy (non-hydrogen) atoms. The van der Waals surface area contributed by atoms with Crippen molar-refractivity contribution in [2.24, 2.45) is 0 Å². The molecule has 0 aliphatic carbocycles. The molecule has 0 bridgehead atoms. The van der Waals surface area contributed by atoms with Crippen LogP contribution in [0.3, 0.4) is 0 Å². The second kappa shape index (κ2) is 5.96. The zero-order valence-corrected chi connectivity index (χ0v) is 8.66. The average Bonchev–Trinajstić information content (AvgIpc) is 2.26. The molecule has 0 aliphatic heterocycles. The molecular formula is C12H14FNO. The number of aryl methyl sites for hydroxylation is 1. The molecule has 1 aromatic rings. The fourth-order valence-corrected chi connectivity index (χ4v) is 1.29. The predicted octanol–water partition coefficient (Wildman–Crippen LogP) is 2.06. The van der Waals surface area contributed by atoms with Gasteiger partial charge in [-0.2, -0.15) is 0 Å². The number of carbonyl (C=O) groups is 1. The van der Waals surface area contributed by atoms with Crippen molar-refractivity contribution in [3.05, 3.63) is 47.4 Å². The van der Waals surface area contributed by atoms with Gasteiger partial charge >= 0.3 is 0 Å². The van der Waals surface area contributed by atoms with Crippen molar-refractivity contribution in [2.75, 3.05) is 7.05 Å². The van der Waals surface area contributed by atoms with E-state index in [9.17, 15) is 9.18 Å². The van der Waals surface area contributed by atoms with Crippen molar-refractivity contribution < 1.29 is 9.18 Å². The Kier molecular flexibility index (Phi) is 4.54. The van der Waals surface area contributed by atoms with E-state index >= 15 is 0 Å². The summed E-state index contributed by atoms with van der Waals surface area (Å²) in [4.78, 5) is 10.6. The van der Waals surface area contributed by atoms with Gasteiger partial charge in [0.2, 0.25) is 0 Å². The van der Waals surface area contributed by atoms with Gasteiger partial charge in [-0.15, -0.1) is 0 Å². The maximum atomic E-state index is 12.6. The molecule has 80 valence electrons. The summed E-state index contributed by atoms with van der Waals surface area (Å²) in [5.41, 5.74) is 1.74. The highest BCUT2D eigenvalue weighted by Crippen LogP contribution is 2.08. The monoisotopic (exact) mass is 207 g/mol. The molecule has 2 nitrogen and oxygen atoms in total. The van der Waals surface area contributed by atoms with E-state index in [4.69, 9.17) is 0 Å². The Labute approximate surface area is 88.8 Å². The molecule has 0 heterocycles. The summed E-state index contributed by atoms with van der Waals surface area (Å²) < 4.78 is 12.6. The van der Waals surface area contributed by atoms with Crippen molar-refractivity contribution in [1.82, 2.24) is 5.32 Å². The first-order valence-corrected chi connectivity index (χ1v) is 4.82. The van der Waals surface area contributed by atoms with Crippen LogP contribution >= 0.6 is 0 Å². The fourth-order valence-electron chi connectivity index (χ4n) is 1.29. The number of hydrogen-bond donors (Lipinski definition) is 1. The molecule has 0 fully saturated rings. The molecule has 1 N–H and O–H groups in total. The van der Waals surface area contributed by atoms with E-state index in [-0.39, 0.29) is 5.82 Å². The quantitative estimate of drug-likeness (QED) is 0.591. The van der Waals surface area contributed by atoms with Gasteiger partial charge < -0.3 is 5.32 Å². The van der Waals surface area contributed by atoms with Crippen molar-refractivity contribution in [3.8, 4) is 0 Å². The topological polar surface area (TPSA) is 29.1 Å². The Morgan fingerprint density at radius 3 is 2.60 bits per heavy atom. The van der Waals surface area contributed by atoms with E-state index in [1.165, 1.54) is 12.1 Å². The Bertz CT molecular complexity index is 343. The number of nitrogens with one attached hydrogen (secondary N) is 1. The molecule has 0 unspecified atom stereocenters. The van der Waals surface area contributed by atoms with Gasteiger partial charge in [0.1, 0.15) is 12.1 Å². The first kappa shape index (κ1) is 11.4. The van der Waals surface area contributed by atoms with E-state index in [0.717, 1.165) is 18.3 Å². The van der Waals surface area contributed by atoms with Crippen LogP contribution in [0, 0.1) is 5.82 Å². The van der Waals surface area contributed by atoms with E-state index in [0.29, 0.717) is 12.0 Å². The van der Waals surface area contributed by atoms with Gasteiger partial charge in [0.15, 0.2) is 0 Å². The molecule has 0 aromatic heterocycles. The summed E-state index contributed by atoms with van der Waals surface area (Å²) in [6.45, 7) is 0. The minimum atomic E-state index is -0.236. The van der Waals surface area contributed by atoms with Crippen LogP contribution in [0.4, 0.5) is 4.39 Å². The van der Waals surface area contributed by atoms with E-state index in [2.05, 4.69) is 5.32 Å². The van der Waals surface area contributed by atoms with Crippen LogP contribution < -0.4 is 5.32 Å². The highest BCUT2D eigenvalue weighted by Gasteiger charge is 1.98. The van der Waals surface area contributed by atoms with Crippen molar-refractivity contribution in [2.45, 2.75) is 12.8 Å². The Morgan fingerprint density at radius 2 is 2.07 bits per heavy atom. The standard InChI is InChI=1S/C12H14FNO/c1-14-8-11(9-15)3-2-10-4-6-12(13)7-5-10/h4-9,14H,2-3H2,1H3. The second-order valence-electron chi connectivity index (χ2n) is 3.25. The van der Waals surface area contributed by atoms with Crippen molar-refractivity contribution >= 4 is 6.29 Å². The molecule has 0 aliphatic rings. The molecule has 0 atom stereocenters. The Hall–Kier alpha value is -1.64. The predicted molar refractivity (Wildman–Crippen MR) is 57.9 cm³/mol. The minimum Gasteiger partial charge on any atom is -0.394 e. The zero-order valence-electron chi connectivity index (χ0n) is 8.66. The third-order valence-electron chi connectivity index (χ3n) is 2.10. The van der Waals surface area contributed by atoms with Crippen LogP contribution in [0.15, 0.2) is 36.0 Å². The van der Waals surface area contributed by atoms with Gasteiger partial charge in [-0.05, 0) is 30.5 Å². The number of rotatable bonds is 5. The lowest BCUT2D eigenvalue weighted by Crippen LogP contribution is -1.99. The molecule has 0 radical (unpaired) electrons. The lowest BCUT2D eigenvalue weighted by Gasteiger charge is -2.01. The molecule has 0 saturated heterocycles. The smallest absolute Gasteiger partial charge is 0.147 e. The van der Waals surface area contributed by atoms with E-state index in [1.54, 1.807) is 25.4 Å². The highest BCUT2D eigenvalue weighted by atomic mass is 19.1. The molecule has 3 heteroatoms. The van der Waals surface area contributed by atoms with Gasteiger partial charge in [0, 0.05) is 18.8 Å². The molecule has 0 saturated carbocycles. The van der Waals surface area contributed by atoms with Gasteiger partial charge in [0.25, 0.3) is 0 Å². The number of hydrogen-bond acceptors (Lipinski definition) is 2. The number of allylic oxidation sites excluding steroid dienone is 1. The molecule has 1 rings (SSSR count). The Morgan fingerprint density at radius 1 is 1.40 bits per heavy atom. The van der Waals surface area contributed by atoms with Crippen LogP contribution in [0.25, 0.3) is 0 Å². The zero-order chi connectivity index (χ0) is 11.1. The summed E-state index contributed by atoms with van der Waals surface area (Å²) in [5, 5.41) is 2.81. The van der Waals surface area contributed by atoms with Crippen LogP contribution in [0.1, 0.15) is 12.0 Å². The average molecular weight is 207 g/mol. The van der Waals surface area contributed by atoms with Crippen molar-refractivity contribution in [1.29, 1.82) is 0 Å². The van der Waals surface area contributed by atoms with Gasteiger partial charge in [-0.25, -0.2) is 4.39 Å². The number of benzene rings is 1. The van der Waals surface area contributed by atoms with E-state index in [1.807, 2.05) is 0 Å². The highest BCUT2D eigenvalue weighted by molar-refractivity contribution is 5.72. The summed E-state index contributed by atoms with van der Waals surface area (Å²) in [7, 11) is 1.75. The number of carbonyl (C=O) groups excluding carboxylic acids is 1. The minimum absolute atomic E-state index is 0.236. The number of aldehydes is 1. The van der Waals surface area contributed by atoms with E-state index < -0.39 is 0 Å². The lowest BCUT2D eigenvalue weighted by molar-refractivity contribution is -0.105. The maximum Gasteiger partial charge on any atom is 0.147 e. The van der Waals surface area contributed by atoms with Crippen LogP contribution in [0.2, 0.25) is 0 Å².